The van der Waals surface area contributed by atoms with Gasteiger partial charge in [-0.2, -0.15) is 0 Å². The number of amides is 2. The molecule has 0 spiro atoms. The van der Waals surface area contributed by atoms with Crippen molar-refractivity contribution in [3.8, 4) is 5.75 Å². The van der Waals surface area contributed by atoms with E-state index in [0.717, 1.165) is 29.1 Å². The Balaban J connectivity index is 0.00000176. The first kappa shape index (κ1) is 26.7. The number of urea groups is 1. The van der Waals surface area contributed by atoms with Crippen molar-refractivity contribution in [3.63, 3.8) is 0 Å². The molecule has 3 aromatic rings. The summed E-state index contributed by atoms with van der Waals surface area (Å²) in [7, 11) is 1.76. The van der Waals surface area contributed by atoms with Gasteiger partial charge in [0.15, 0.2) is 0 Å². The number of fused-ring (bicyclic) bond motifs is 1. The summed E-state index contributed by atoms with van der Waals surface area (Å²) in [6, 6.07) is 16.2. The number of carbonyl (C=O) groups is 1. The Morgan fingerprint density at radius 1 is 1.08 bits per heavy atom. The highest BCUT2D eigenvalue weighted by molar-refractivity contribution is 5.91. The Bertz CT molecular complexity index is 1350. The Labute approximate surface area is 212 Å². The molecule has 1 N–H and O–H groups in total. The maximum absolute atomic E-state index is 13.6. The number of nitrogens with one attached hydrogen (secondary N) is 1. The van der Waals surface area contributed by atoms with E-state index in [1.54, 1.807) is 22.6 Å². The molecule has 0 saturated carbocycles. The van der Waals surface area contributed by atoms with Crippen LogP contribution in [0.3, 0.4) is 0 Å². The van der Waals surface area contributed by atoms with Crippen LogP contribution in [0.5, 0.6) is 5.75 Å². The van der Waals surface area contributed by atoms with Crippen LogP contribution < -0.4 is 26.3 Å². The zero-order chi connectivity index (χ0) is 26.1. The van der Waals surface area contributed by atoms with E-state index in [-0.39, 0.29) is 11.6 Å². The number of rotatable bonds is 7. The van der Waals surface area contributed by atoms with Crippen molar-refractivity contribution in [3.05, 3.63) is 86.9 Å². The van der Waals surface area contributed by atoms with Gasteiger partial charge >= 0.3 is 6.03 Å². The van der Waals surface area contributed by atoms with Crippen LogP contribution in [-0.4, -0.2) is 27.1 Å². The van der Waals surface area contributed by atoms with Crippen molar-refractivity contribution in [2.75, 3.05) is 11.9 Å². The lowest BCUT2D eigenvalue weighted by molar-refractivity contribution is 0.187. The number of hydrogen-bond acceptors (Lipinski definition) is 4. The predicted molar refractivity (Wildman–Crippen MR) is 145 cm³/mol. The van der Waals surface area contributed by atoms with Crippen LogP contribution in [-0.2, 0) is 13.6 Å². The molecule has 0 bridgehead atoms. The molecule has 0 aliphatic heterocycles. The highest BCUT2D eigenvalue weighted by Crippen LogP contribution is 2.26. The molecule has 7 heteroatoms. The Kier molecular flexibility index (Phi) is 9.45. The standard InChI is InChI=1S/C27H30N4O3.C2H6/c1-4-34-24-17-11-9-15-22(24)29-27(33)31(18-20-12-6-5-7-13-20)19(2)25-26(32)30(3)23-16-10-8-14-21(23)28-25;1-2/h5-7,9,11-17,19H,4,8,10,18H2,1-3H3,(H,29,33);1-2H3. The van der Waals surface area contributed by atoms with Gasteiger partial charge in [0, 0.05) is 13.6 Å². The molecule has 1 aliphatic rings. The first-order valence-electron chi connectivity index (χ1n) is 12.6. The van der Waals surface area contributed by atoms with Crippen LogP contribution in [0.1, 0.15) is 57.8 Å². The molecule has 36 heavy (non-hydrogen) atoms. The van der Waals surface area contributed by atoms with Crippen LogP contribution in [0, 0.1) is 0 Å². The molecule has 1 aliphatic carbocycles. The molecule has 0 radical (unpaired) electrons. The van der Waals surface area contributed by atoms with E-state index in [0.29, 0.717) is 30.3 Å². The summed E-state index contributed by atoms with van der Waals surface area (Å²) in [5.41, 5.74) is 1.68. The summed E-state index contributed by atoms with van der Waals surface area (Å²) in [4.78, 5) is 33.2. The number of anilines is 1. The predicted octanol–water partition coefficient (Wildman–Crippen LogP) is 4.36. The summed E-state index contributed by atoms with van der Waals surface area (Å²) in [5, 5.41) is 4.59. The van der Waals surface area contributed by atoms with Gasteiger partial charge in [-0.1, -0.05) is 68.5 Å². The van der Waals surface area contributed by atoms with Crippen LogP contribution in [0.4, 0.5) is 10.5 Å². The lowest BCUT2D eigenvalue weighted by atomic mass is 10.1. The second-order valence-corrected chi connectivity index (χ2v) is 8.27. The number of nitrogens with zero attached hydrogens (tertiary/aromatic N) is 3. The number of ether oxygens (including phenoxy) is 1. The first-order valence-corrected chi connectivity index (χ1v) is 12.6. The van der Waals surface area contributed by atoms with Crippen molar-refractivity contribution in [2.45, 2.75) is 53.1 Å². The Morgan fingerprint density at radius 3 is 2.47 bits per heavy atom. The zero-order valence-corrected chi connectivity index (χ0v) is 21.8. The molecular formula is C29H36N4O3. The van der Waals surface area contributed by atoms with E-state index in [9.17, 15) is 9.59 Å². The number of benzene rings is 2. The second kappa shape index (κ2) is 12.7. The van der Waals surface area contributed by atoms with E-state index in [2.05, 4.69) is 5.32 Å². The molecule has 2 amide bonds. The van der Waals surface area contributed by atoms with Crippen LogP contribution >= 0.6 is 0 Å². The maximum Gasteiger partial charge on any atom is 0.322 e. The fraction of sp³-hybridized carbons (Fsp3) is 0.345. The minimum absolute atomic E-state index is 0.196. The summed E-state index contributed by atoms with van der Waals surface area (Å²) in [6.07, 6.45) is 5.86. The SMILES string of the molecule is CC.CCOc1ccccc1NC(=O)N(Cc1ccccc1)C(C)c1nc2c(n(C)c1=O)=CCCC=2. The average molecular weight is 489 g/mol. The van der Waals surface area contributed by atoms with Gasteiger partial charge in [0.2, 0.25) is 0 Å². The zero-order valence-electron chi connectivity index (χ0n) is 21.8. The number of carbonyl (C=O) groups excluding carboxylic acids is 1. The molecule has 1 atom stereocenters. The van der Waals surface area contributed by atoms with Crippen LogP contribution in [0.15, 0.2) is 59.4 Å². The molecule has 0 fully saturated rings. The lowest BCUT2D eigenvalue weighted by Gasteiger charge is -2.29. The number of hydrogen-bond donors (Lipinski definition) is 1. The van der Waals surface area contributed by atoms with Crippen molar-refractivity contribution in [1.29, 1.82) is 0 Å². The third-order valence-electron chi connectivity index (χ3n) is 5.98. The van der Waals surface area contributed by atoms with E-state index < -0.39 is 6.04 Å². The maximum atomic E-state index is 13.6. The van der Waals surface area contributed by atoms with Gasteiger partial charge in [-0.25, -0.2) is 9.78 Å². The third kappa shape index (κ3) is 6.03. The highest BCUT2D eigenvalue weighted by Gasteiger charge is 2.27. The van der Waals surface area contributed by atoms with Crippen molar-refractivity contribution in [1.82, 2.24) is 14.5 Å². The fourth-order valence-corrected chi connectivity index (χ4v) is 4.14. The van der Waals surface area contributed by atoms with Crippen molar-refractivity contribution < 1.29 is 9.53 Å². The Morgan fingerprint density at radius 2 is 1.75 bits per heavy atom. The monoisotopic (exact) mass is 488 g/mol. The van der Waals surface area contributed by atoms with Gasteiger partial charge in [0.1, 0.15) is 11.4 Å². The molecule has 0 saturated heterocycles. The van der Waals surface area contributed by atoms with Gasteiger partial charge in [-0.05, 0) is 44.4 Å². The van der Waals surface area contributed by atoms with Gasteiger partial charge in [0.05, 0.1) is 29.0 Å². The summed E-state index contributed by atoms with van der Waals surface area (Å²) in [6.45, 7) is 8.55. The first-order chi connectivity index (χ1) is 17.5. The molecular weight excluding hydrogens is 452 g/mol. The summed E-state index contributed by atoms with van der Waals surface area (Å²) >= 11 is 0. The van der Waals surface area contributed by atoms with Crippen molar-refractivity contribution >= 4 is 23.9 Å². The summed E-state index contributed by atoms with van der Waals surface area (Å²) < 4.78 is 7.30. The lowest BCUT2D eigenvalue weighted by Crippen LogP contribution is -2.49. The molecule has 1 aromatic heterocycles. The van der Waals surface area contributed by atoms with E-state index in [1.807, 2.05) is 88.4 Å². The van der Waals surface area contributed by atoms with E-state index >= 15 is 0 Å². The molecule has 4 rings (SSSR count). The third-order valence-corrected chi connectivity index (χ3v) is 5.98. The van der Waals surface area contributed by atoms with Gasteiger partial charge < -0.3 is 19.5 Å². The quantitative estimate of drug-likeness (QED) is 0.536. The molecule has 1 unspecified atom stereocenters. The van der Waals surface area contributed by atoms with Crippen LogP contribution in [0.2, 0.25) is 0 Å². The largest absolute Gasteiger partial charge is 0.492 e. The fourth-order valence-electron chi connectivity index (χ4n) is 4.14. The minimum Gasteiger partial charge on any atom is -0.492 e. The number of para-hydroxylation sites is 2. The molecule has 1 heterocycles. The van der Waals surface area contributed by atoms with Gasteiger partial charge in [-0.3, -0.25) is 4.79 Å². The number of aromatic nitrogens is 2. The van der Waals surface area contributed by atoms with E-state index in [1.165, 1.54) is 0 Å². The summed E-state index contributed by atoms with van der Waals surface area (Å²) in [5.74, 6) is 0.596. The van der Waals surface area contributed by atoms with E-state index in [4.69, 9.17) is 9.72 Å². The Hall–Kier alpha value is -3.87. The highest BCUT2D eigenvalue weighted by atomic mass is 16.5. The molecule has 190 valence electrons. The molecule has 2 aromatic carbocycles. The molecule has 7 nitrogen and oxygen atoms in total. The van der Waals surface area contributed by atoms with Crippen molar-refractivity contribution in [2.24, 2.45) is 7.05 Å². The second-order valence-electron chi connectivity index (χ2n) is 8.27. The van der Waals surface area contributed by atoms with Gasteiger partial charge in [-0.15, -0.1) is 0 Å². The van der Waals surface area contributed by atoms with Gasteiger partial charge in [0.25, 0.3) is 5.56 Å². The normalized spacial score (nSPS) is 12.6. The smallest absolute Gasteiger partial charge is 0.322 e. The minimum atomic E-state index is -0.557. The topological polar surface area (TPSA) is 76.5 Å². The van der Waals surface area contributed by atoms with Crippen LogP contribution in [0.25, 0.3) is 12.2 Å². The average Bonchev–Trinajstić information content (AvgIpc) is 2.92.